The average Bonchev–Trinajstić information content (AvgIpc) is 2.31. The maximum atomic E-state index is 12.3. The minimum Gasteiger partial charge on any atom is -0.323 e. The number of rotatable bonds is 2. The third-order valence-electron chi connectivity index (χ3n) is 3.38. The molecule has 1 atom stereocenters. The molecule has 1 amide bonds. The minimum atomic E-state index is -0.144. The third-order valence-corrected chi connectivity index (χ3v) is 3.85. The highest BCUT2D eigenvalue weighted by Crippen LogP contribution is 2.30. The Labute approximate surface area is 116 Å². The predicted octanol–water partition coefficient (Wildman–Crippen LogP) is 2.56. The van der Waals surface area contributed by atoms with E-state index in [0.717, 1.165) is 29.7 Å². The van der Waals surface area contributed by atoms with Crippen molar-refractivity contribution in [3.8, 4) is 0 Å². The molecule has 1 aromatic rings. The van der Waals surface area contributed by atoms with Gasteiger partial charge in [-0.2, -0.15) is 0 Å². The molecule has 1 aliphatic heterocycles. The molecule has 1 saturated heterocycles. The first-order valence-electron chi connectivity index (χ1n) is 6.15. The van der Waals surface area contributed by atoms with E-state index in [1.165, 1.54) is 0 Å². The molecule has 4 nitrogen and oxygen atoms in total. The van der Waals surface area contributed by atoms with Crippen molar-refractivity contribution in [1.29, 1.82) is 0 Å². The zero-order valence-electron chi connectivity index (χ0n) is 10.7. The van der Waals surface area contributed by atoms with E-state index in [1.54, 1.807) is 6.20 Å². The number of pyridine rings is 1. The van der Waals surface area contributed by atoms with E-state index in [9.17, 15) is 4.79 Å². The summed E-state index contributed by atoms with van der Waals surface area (Å²) in [5.41, 5.74) is 0.719. The van der Waals surface area contributed by atoms with Gasteiger partial charge in [0.05, 0.1) is 17.9 Å². The quantitative estimate of drug-likeness (QED) is 0.825. The molecule has 0 radical (unpaired) electrons. The predicted molar refractivity (Wildman–Crippen MR) is 75.4 cm³/mol. The van der Waals surface area contributed by atoms with E-state index in [2.05, 4.69) is 45.4 Å². The Bertz CT molecular complexity index is 430. The molecule has 0 spiro atoms. The fraction of sp³-hybridized carbons (Fsp3) is 0.538. The lowest BCUT2D eigenvalue weighted by Crippen LogP contribution is -2.53. The maximum Gasteiger partial charge on any atom is 0.242 e. The van der Waals surface area contributed by atoms with Crippen LogP contribution in [0.3, 0.4) is 0 Å². The van der Waals surface area contributed by atoms with Crippen LogP contribution in [0.2, 0.25) is 0 Å². The summed E-state index contributed by atoms with van der Waals surface area (Å²) in [5, 5.41) is 6.21. The summed E-state index contributed by atoms with van der Waals surface area (Å²) >= 11 is 3.27. The number of aromatic nitrogens is 1. The number of nitrogens with one attached hydrogen (secondary N) is 2. The van der Waals surface area contributed by atoms with E-state index >= 15 is 0 Å². The molecule has 0 bridgehead atoms. The zero-order valence-corrected chi connectivity index (χ0v) is 12.3. The van der Waals surface area contributed by atoms with Crippen molar-refractivity contribution in [1.82, 2.24) is 10.3 Å². The van der Waals surface area contributed by atoms with Crippen LogP contribution in [0.25, 0.3) is 0 Å². The van der Waals surface area contributed by atoms with E-state index in [0.29, 0.717) is 0 Å². The number of hydrogen-bond donors (Lipinski definition) is 2. The molecule has 18 heavy (non-hydrogen) atoms. The third kappa shape index (κ3) is 3.09. The molecule has 0 saturated carbocycles. The van der Waals surface area contributed by atoms with Crippen LogP contribution < -0.4 is 10.6 Å². The van der Waals surface area contributed by atoms with Gasteiger partial charge >= 0.3 is 0 Å². The molecular formula is C13H18BrN3O. The zero-order chi connectivity index (χ0) is 13.2. The first kappa shape index (κ1) is 13.5. The van der Waals surface area contributed by atoms with E-state index in [1.807, 2.05) is 12.1 Å². The van der Waals surface area contributed by atoms with Gasteiger partial charge in [0.1, 0.15) is 4.60 Å². The highest BCUT2D eigenvalue weighted by Gasteiger charge is 2.36. The average molecular weight is 312 g/mol. The molecule has 1 fully saturated rings. The standard InChI is InChI=1S/C13H18BrN3O/c1-13(2)6-3-7-15-11(13)12(18)17-9-4-5-10(14)16-8-9/h4-5,8,11,15H,3,6-7H2,1-2H3,(H,17,18). The number of halogens is 1. The lowest BCUT2D eigenvalue weighted by Gasteiger charge is -2.38. The van der Waals surface area contributed by atoms with E-state index in [4.69, 9.17) is 0 Å². The lowest BCUT2D eigenvalue weighted by molar-refractivity contribution is -0.121. The Balaban J connectivity index is 2.05. The highest BCUT2D eigenvalue weighted by molar-refractivity contribution is 9.10. The topological polar surface area (TPSA) is 54.0 Å². The first-order chi connectivity index (χ1) is 8.49. The van der Waals surface area contributed by atoms with Crippen LogP contribution in [0.4, 0.5) is 5.69 Å². The van der Waals surface area contributed by atoms with Crippen LogP contribution in [0.5, 0.6) is 0 Å². The Morgan fingerprint density at radius 3 is 2.94 bits per heavy atom. The van der Waals surface area contributed by atoms with Gasteiger partial charge in [0.25, 0.3) is 0 Å². The second kappa shape index (κ2) is 5.36. The van der Waals surface area contributed by atoms with Crippen LogP contribution in [-0.4, -0.2) is 23.5 Å². The molecule has 2 N–H and O–H groups in total. The Hall–Kier alpha value is -0.940. The molecule has 2 heterocycles. The summed E-state index contributed by atoms with van der Waals surface area (Å²) in [5.74, 6) is 0.0174. The van der Waals surface area contributed by atoms with Gasteiger partial charge in [-0.25, -0.2) is 4.98 Å². The molecule has 98 valence electrons. The van der Waals surface area contributed by atoms with Crippen molar-refractivity contribution in [3.05, 3.63) is 22.9 Å². The van der Waals surface area contributed by atoms with Crippen LogP contribution in [-0.2, 0) is 4.79 Å². The Morgan fingerprint density at radius 1 is 1.56 bits per heavy atom. The number of amides is 1. The molecule has 0 aliphatic carbocycles. The van der Waals surface area contributed by atoms with E-state index < -0.39 is 0 Å². The number of nitrogens with zero attached hydrogens (tertiary/aromatic N) is 1. The van der Waals surface area contributed by atoms with E-state index in [-0.39, 0.29) is 17.4 Å². The van der Waals surface area contributed by atoms with Crippen molar-refractivity contribution < 1.29 is 4.79 Å². The molecule has 5 heteroatoms. The Kier molecular flexibility index (Phi) is 4.02. The van der Waals surface area contributed by atoms with Gasteiger partial charge in [-0.15, -0.1) is 0 Å². The monoisotopic (exact) mass is 311 g/mol. The van der Waals surface area contributed by atoms with Crippen molar-refractivity contribution >= 4 is 27.5 Å². The summed E-state index contributed by atoms with van der Waals surface area (Å²) in [6.07, 6.45) is 3.84. The van der Waals surface area contributed by atoms with Crippen molar-refractivity contribution in [2.75, 3.05) is 11.9 Å². The number of anilines is 1. The summed E-state index contributed by atoms with van der Waals surface area (Å²) in [6, 6.07) is 3.51. The number of hydrogen-bond acceptors (Lipinski definition) is 3. The molecule has 1 unspecified atom stereocenters. The fourth-order valence-electron chi connectivity index (χ4n) is 2.32. The van der Waals surface area contributed by atoms with Crippen LogP contribution in [0, 0.1) is 5.41 Å². The van der Waals surface area contributed by atoms with Gasteiger partial charge in [-0.05, 0) is 52.9 Å². The van der Waals surface area contributed by atoms with Gasteiger partial charge in [-0.3, -0.25) is 4.79 Å². The van der Waals surface area contributed by atoms with Gasteiger partial charge < -0.3 is 10.6 Å². The fourth-order valence-corrected chi connectivity index (χ4v) is 2.56. The smallest absolute Gasteiger partial charge is 0.242 e. The normalized spacial score (nSPS) is 22.5. The Morgan fingerprint density at radius 2 is 2.33 bits per heavy atom. The van der Waals surface area contributed by atoms with Crippen LogP contribution in [0.15, 0.2) is 22.9 Å². The summed E-state index contributed by atoms with van der Waals surface area (Å²) in [4.78, 5) is 16.4. The van der Waals surface area contributed by atoms with Crippen LogP contribution >= 0.6 is 15.9 Å². The lowest BCUT2D eigenvalue weighted by atomic mass is 9.77. The largest absolute Gasteiger partial charge is 0.323 e. The summed E-state index contributed by atoms with van der Waals surface area (Å²) in [6.45, 7) is 5.16. The summed E-state index contributed by atoms with van der Waals surface area (Å²) < 4.78 is 0.761. The van der Waals surface area contributed by atoms with Crippen molar-refractivity contribution in [3.63, 3.8) is 0 Å². The first-order valence-corrected chi connectivity index (χ1v) is 6.94. The maximum absolute atomic E-state index is 12.3. The molecule has 2 rings (SSSR count). The minimum absolute atomic E-state index is 0.00880. The molecular weight excluding hydrogens is 294 g/mol. The van der Waals surface area contributed by atoms with Crippen LogP contribution in [0.1, 0.15) is 26.7 Å². The van der Waals surface area contributed by atoms with Crippen molar-refractivity contribution in [2.24, 2.45) is 5.41 Å². The van der Waals surface area contributed by atoms with Gasteiger partial charge in [0.15, 0.2) is 0 Å². The van der Waals surface area contributed by atoms with Gasteiger partial charge in [-0.1, -0.05) is 13.8 Å². The number of piperidine rings is 1. The van der Waals surface area contributed by atoms with Gasteiger partial charge in [0, 0.05) is 0 Å². The van der Waals surface area contributed by atoms with Gasteiger partial charge in [0.2, 0.25) is 5.91 Å². The number of carbonyl (C=O) groups is 1. The second-order valence-electron chi connectivity index (χ2n) is 5.34. The highest BCUT2D eigenvalue weighted by atomic mass is 79.9. The SMILES string of the molecule is CC1(C)CCCNC1C(=O)Nc1ccc(Br)nc1. The summed E-state index contributed by atoms with van der Waals surface area (Å²) in [7, 11) is 0. The molecule has 0 aromatic carbocycles. The number of carbonyl (C=O) groups excluding carboxylic acids is 1. The van der Waals surface area contributed by atoms with Crippen molar-refractivity contribution in [2.45, 2.75) is 32.7 Å². The molecule has 1 aromatic heterocycles. The molecule has 1 aliphatic rings. The second-order valence-corrected chi connectivity index (χ2v) is 6.15.